The van der Waals surface area contributed by atoms with Gasteiger partial charge in [-0.1, -0.05) is 0 Å². The zero-order valence-electron chi connectivity index (χ0n) is 9.72. The quantitative estimate of drug-likeness (QED) is 0.746. The van der Waals surface area contributed by atoms with E-state index >= 15 is 0 Å². The molecule has 0 heterocycles. The molecule has 0 spiro atoms. The van der Waals surface area contributed by atoms with Crippen LogP contribution in [0.1, 0.15) is 41.0 Å². The van der Waals surface area contributed by atoms with Crippen molar-refractivity contribution >= 4 is 18.4 Å². The van der Waals surface area contributed by atoms with Crippen molar-refractivity contribution in [3.05, 3.63) is 0 Å². The molecular formula is C10H22ClNO2. The number of esters is 1. The molecule has 0 aliphatic rings. The first-order valence-electron chi connectivity index (χ1n) is 4.62. The summed E-state index contributed by atoms with van der Waals surface area (Å²) in [6, 6.07) is 0. The Kier molecular flexibility index (Phi) is 6.42. The second-order valence-corrected chi connectivity index (χ2v) is 4.92. The molecule has 14 heavy (non-hydrogen) atoms. The van der Waals surface area contributed by atoms with E-state index in [4.69, 9.17) is 10.5 Å². The molecule has 0 aliphatic heterocycles. The molecule has 0 unspecified atom stereocenters. The average molecular weight is 224 g/mol. The number of ether oxygens (including phenoxy) is 1. The molecule has 0 saturated heterocycles. The van der Waals surface area contributed by atoms with Crippen molar-refractivity contribution in [1.82, 2.24) is 0 Å². The average Bonchev–Trinajstić information content (AvgIpc) is 1.82. The van der Waals surface area contributed by atoms with Crippen molar-refractivity contribution < 1.29 is 9.53 Å². The highest BCUT2D eigenvalue weighted by Crippen LogP contribution is 2.24. The van der Waals surface area contributed by atoms with Crippen LogP contribution >= 0.6 is 12.4 Å². The Morgan fingerprint density at radius 3 is 1.93 bits per heavy atom. The van der Waals surface area contributed by atoms with Gasteiger partial charge in [-0.3, -0.25) is 4.79 Å². The number of carbonyl (C=O) groups excluding carboxylic acids is 1. The number of hydrogen-bond acceptors (Lipinski definition) is 3. The predicted octanol–water partition coefficient (Wildman–Crippen LogP) is 2.12. The maximum absolute atomic E-state index is 11.6. The van der Waals surface area contributed by atoms with Crippen LogP contribution in [0.15, 0.2) is 0 Å². The van der Waals surface area contributed by atoms with Gasteiger partial charge in [-0.15, -0.1) is 12.4 Å². The second-order valence-electron chi connectivity index (χ2n) is 4.92. The Balaban J connectivity index is 0. The van der Waals surface area contributed by atoms with Crippen LogP contribution in [0.4, 0.5) is 0 Å². The molecule has 2 N–H and O–H groups in total. The van der Waals surface area contributed by atoms with Gasteiger partial charge >= 0.3 is 5.97 Å². The van der Waals surface area contributed by atoms with Gasteiger partial charge in [0.2, 0.25) is 0 Å². The molecule has 0 aromatic carbocycles. The summed E-state index contributed by atoms with van der Waals surface area (Å²) < 4.78 is 5.26. The van der Waals surface area contributed by atoms with Crippen molar-refractivity contribution in [2.24, 2.45) is 11.1 Å². The van der Waals surface area contributed by atoms with Gasteiger partial charge in [-0.2, -0.15) is 0 Å². The van der Waals surface area contributed by atoms with Gasteiger partial charge in [-0.25, -0.2) is 0 Å². The highest BCUT2D eigenvalue weighted by atomic mass is 35.5. The van der Waals surface area contributed by atoms with Crippen molar-refractivity contribution in [2.45, 2.75) is 46.6 Å². The van der Waals surface area contributed by atoms with Gasteiger partial charge in [0.15, 0.2) is 0 Å². The highest BCUT2D eigenvalue weighted by Gasteiger charge is 2.31. The fourth-order valence-electron chi connectivity index (χ4n) is 0.879. The maximum Gasteiger partial charge on any atom is 0.312 e. The van der Waals surface area contributed by atoms with Crippen LogP contribution < -0.4 is 5.73 Å². The Labute approximate surface area is 92.8 Å². The molecule has 0 saturated carbocycles. The lowest BCUT2D eigenvalue weighted by Crippen LogP contribution is -2.35. The summed E-state index contributed by atoms with van der Waals surface area (Å²) in [6.45, 7) is 9.81. The van der Waals surface area contributed by atoms with E-state index in [2.05, 4.69) is 0 Å². The van der Waals surface area contributed by atoms with Crippen LogP contribution in [0.3, 0.4) is 0 Å². The van der Waals surface area contributed by atoms with Gasteiger partial charge < -0.3 is 10.5 Å². The number of hydrogen-bond donors (Lipinski definition) is 1. The smallest absolute Gasteiger partial charge is 0.312 e. The zero-order chi connectivity index (χ0) is 10.7. The second kappa shape index (κ2) is 5.56. The van der Waals surface area contributed by atoms with Gasteiger partial charge in [0, 0.05) is 0 Å². The van der Waals surface area contributed by atoms with Crippen LogP contribution in [0.25, 0.3) is 0 Å². The Bertz CT molecular complexity index is 185. The topological polar surface area (TPSA) is 52.3 Å². The first-order valence-corrected chi connectivity index (χ1v) is 4.62. The monoisotopic (exact) mass is 223 g/mol. The third-order valence-corrected chi connectivity index (χ3v) is 1.72. The summed E-state index contributed by atoms with van der Waals surface area (Å²) in [6.07, 6.45) is 0.655. The standard InChI is InChI=1S/C10H21NO2.ClH/c1-9(2,3)13-8(12)10(4,5)6-7-11;/h6-7,11H2,1-5H3;1H. The van der Waals surface area contributed by atoms with Crippen molar-refractivity contribution in [3.8, 4) is 0 Å². The van der Waals surface area contributed by atoms with Crippen LogP contribution in [0, 0.1) is 5.41 Å². The van der Waals surface area contributed by atoms with Crippen LogP contribution in [0.2, 0.25) is 0 Å². The van der Waals surface area contributed by atoms with Crippen LogP contribution in [-0.4, -0.2) is 18.1 Å². The molecule has 0 aromatic rings. The molecule has 0 rings (SSSR count). The maximum atomic E-state index is 11.6. The Morgan fingerprint density at radius 1 is 1.21 bits per heavy atom. The fraction of sp³-hybridized carbons (Fsp3) is 0.900. The summed E-state index contributed by atoms with van der Waals surface area (Å²) in [5, 5.41) is 0. The third-order valence-electron chi connectivity index (χ3n) is 1.72. The largest absolute Gasteiger partial charge is 0.460 e. The lowest BCUT2D eigenvalue weighted by atomic mass is 9.89. The number of rotatable bonds is 3. The zero-order valence-corrected chi connectivity index (χ0v) is 10.5. The molecule has 0 amide bonds. The van der Waals surface area contributed by atoms with Gasteiger partial charge in [0.25, 0.3) is 0 Å². The number of halogens is 1. The molecule has 0 radical (unpaired) electrons. The van der Waals surface area contributed by atoms with Gasteiger partial charge in [-0.05, 0) is 47.6 Å². The molecule has 4 heteroatoms. The Morgan fingerprint density at radius 2 is 1.64 bits per heavy atom. The van der Waals surface area contributed by atoms with E-state index in [-0.39, 0.29) is 18.4 Å². The molecule has 0 atom stereocenters. The predicted molar refractivity (Wildman–Crippen MR) is 60.5 cm³/mol. The molecule has 86 valence electrons. The number of nitrogens with two attached hydrogens (primary N) is 1. The van der Waals surface area contributed by atoms with Crippen LogP contribution in [0.5, 0.6) is 0 Å². The first-order chi connectivity index (χ1) is 5.69. The normalized spacial score (nSPS) is 11.9. The lowest BCUT2D eigenvalue weighted by molar-refractivity contribution is -0.165. The van der Waals surface area contributed by atoms with Crippen LogP contribution in [-0.2, 0) is 9.53 Å². The third kappa shape index (κ3) is 6.22. The van der Waals surface area contributed by atoms with E-state index in [1.165, 1.54) is 0 Å². The SMILES string of the molecule is CC(C)(C)OC(=O)C(C)(C)CCN.Cl. The minimum Gasteiger partial charge on any atom is -0.460 e. The lowest BCUT2D eigenvalue weighted by Gasteiger charge is -2.27. The Hall–Kier alpha value is -0.280. The fourth-order valence-corrected chi connectivity index (χ4v) is 0.879. The van der Waals surface area contributed by atoms with Crippen molar-refractivity contribution in [2.75, 3.05) is 6.54 Å². The molecule has 0 aromatic heterocycles. The van der Waals surface area contributed by atoms with Gasteiger partial charge in [0.1, 0.15) is 5.60 Å². The minimum absolute atomic E-state index is 0. The van der Waals surface area contributed by atoms with E-state index in [1.54, 1.807) is 0 Å². The van der Waals surface area contributed by atoms with E-state index in [1.807, 2.05) is 34.6 Å². The summed E-state index contributed by atoms with van der Waals surface area (Å²) in [5.74, 6) is -0.176. The minimum atomic E-state index is -0.470. The van der Waals surface area contributed by atoms with E-state index in [0.717, 1.165) is 0 Å². The van der Waals surface area contributed by atoms with Crippen molar-refractivity contribution in [3.63, 3.8) is 0 Å². The summed E-state index contributed by atoms with van der Waals surface area (Å²) >= 11 is 0. The van der Waals surface area contributed by atoms with E-state index in [9.17, 15) is 4.79 Å². The summed E-state index contributed by atoms with van der Waals surface area (Å²) in [4.78, 5) is 11.6. The molecule has 0 bridgehead atoms. The summed E-state index contributed by atoms with van der Waals surface area (Å²) in [7, 11) is 0. The summed E-state index contributed by atoms with van der Waals surface area (Å²) in [5.41, 5.74) is 4.52. The molecule has 0 fully saturated rings. The van der Waals surface area contributed by atoms with E-state index in [0.29, 0.717) is 13.0 Å². The number of carbonyl (C=O) groups is 1. The first kappa shape index (κ1) is 16.2. The van der Waals surface area contributed by atoms with Crippen molar-refractivity contribution in [1.29, 1.82) is 0 Å². The molecular weight excluding hydrogens is 202 g/mol. The highest BCUT2D eigenvalue weighted by molar-refractivity contribution is 5.85. The van der Waals surface area contributed by atoms with Gasteiger partial charge in [0.05, 0.1) is 5.41 Å². The van der Waals surface area contributed by atoms with E-state index < -0.39 is 11.0 Å². The molecule has 0 aliphatic carbocycles. The molecule has 3 nitrogen and oxygen atoms in total.